The van der Waals surface area contributed by atoms with E-state index in [1.807, 2.05) is 48.5 Å². The molecule has 0 amide bonds. The predicted octanol–water partition coefficient (Wildman–Crippen LogP) is 3.29. The molecule has 0 saturated heterocycles. The van der Waals surface area contributed by atoms with Gasteiger partial charge in [0.2, 0.25) is 0 Å². The van der Waals surface area contributed by atoms with E-state index in [0.717, 1.165) is 17.2 Å². The molecule has 0 fully saturated rings. The van der Waals surface area contributed by atoms with Crippen molar-refractivity contribution in [3.63, 3.8) is 0 Å². The molecule has 3 nitrogen and oxygen atoms in total. The van der Waals surface area contributed by atoms with Crippen LogP contribution in [0.5, 0.6) is 5.75 Å². The summed E-state index contributed by atoms with van der Waals surface area (Å²) < 4.78 is 17.1. The molecule has 2 rings (SSSR count). The summed E-state index contributed by atoms with van der Waals surface area (Å²) in [6.45, 7) is 5.56. The number of hydrogen-bond acceptors (Lipinski definition) is 3. The maximum atomic E-state index is 11.3. The molecule has 0 aliphatic heterocycles. The molecule has 0 spiro atoms. The van der Waals surface area contributed by atoms with Crippen LogP contribution in [-0.4, -0.2) is 23.1 Å². The monoisotopic (exact) mass is 317 g/mol. The Labute approximate surface area is 135 Å². The Morgan fingerprint density at radius 2 is 1.73 bits per heavy atom. The first-order valence-electron chi connectivity index (χ1n) is 7.40. The lowest BCUT2D eigenvalue weighted by molar-refractivity contribution is 0.272. The molecule has 22 heavy (non-hydrogen) atoms. The van der Waals surface area contributed by atoms with Gasteiger partial charge < -0.3 is 10.1 Å². The lowest BCUT2D eigenvalue weighted by Gasteiger charge is -2.15. The molecule has 2 aromatic carbocycles. The van der Waals surface area contributed by atoms with Crippen molar-refractivity contribution in [2.75, 3.05) is 12.9 Å². The number of aryl methyl sites for hydroxylation is 1. The van der Waals surface area contributed by atoms with Gasteiger partial charge in [-0.05, 0) is 43.7 Å². The minimum atomic E-state index is -0.916. The molecular formula is C18H23NO2S. The molecule has 1 N–H and O–H groups in total. The van der Waals surface area contributed by atoms with E-state index in [9.17, 15) is 4.21 Å². The van der Waals surface area contributed by atoms with Gasteiger partial charge in [-0.1, -0.05) is 29.8 Å². The maximum absolute atomic E-state index is 11.3. The largest absolute Gasteiger partial charge is 0.492 e. The molecule has 0 heterocycles. The number of ether oxygens (including phenoxy) is 1. The molecule has 0 radical (unpaired) electrons. The van der Waals surface area contributed by atoms with E-state index in [4.69, 9.17) is 4.74 Å². The summed E-state index contributed by atoms with van der Waals surface area (Å²) in [5, 5.41) is 3.43. The third kappa shape index (κ3) is 5.28. The Kier molecular flexibility index (Phi) is 6.16. The van der Waals surface area contributed by atoms with E-state index in [2.05, 4.69) is 19.2 Å². The quantitative estimate of drug-likeness (QED) is 0.851. The van der Waals surface area contributed by atoms with Crippen LogP contribution in [0, 0.1) is 6.92 Å². The molecule has 0 aliphatic rings. The van der Waals surface area contributed by atoms with Crippen LogP contribution >= 0.6 is 0 Å². The summed E-state index contributed by atoms with van der Waals surface area (Å²) in [6, 6.07) is 16.2. The fraction of sp³-hybridized carbons (Fsp3) is 0.333. The Balaban J connectivity index is 1.76. The van der Waals surface area contributed by atoms with Crippen LogP contribution in [0.25, 0.3) is 0 Å². The Morgan fingerprint density at radius 1 is 1.09 bits per heavy atom. The fourth-order valence-electron chi connectivity index (χ4n) is 2.01. The second-order valence-corrected chi connectivity index (χ2v) is 6.88. The van der Waals surface area contributed by atoms with Gasteiger partial charge in [0, 0.05) is 34.5 Å². The zero-order chi connectivity index (χ0) is 15.9. The average molecular weight is 317 g/mol. The van der Waals surface area contributed by atoms with Crippen molar-refractivity contribution in [2.45, 2.75) is 31.3 Å². The molecule has 2 unspecified atom stereocenters. The van der Waals surface area contributed by atoms with Crippen LogP contribution in [0.1, 0.15) is 18.1 Å². The van der Waals surface area contributed by atoms with Crippen molar-refractivity contribution >= 4 is 10.8 Å². The first-order chi connectivity index (χ1) is 10.5. The van der Waals surface area contributed by atoms with Crippen LogP contribution in [0.2, 0.25) is 0 Å². The van der Waals surface area contributed by atoms with Crippen molar-refractivity contribution in [2.24, 2.45) is 0 Å². The molecule has 4 heteroatoms. The topological polar surface area (TPSA) is 38.3 Å². The lowest BCUT2D eigenvalue weighted by Crippen LogP contribution is -2.31. The fourth-order valence-corrected chi connectivity index (χ4v) is 2.53. The van der Waals surface area contributed by atoms with Crippen LogP contribution < -0.4 is 10.1 Å². The Hall–Kier alpha value is -1.65. The summed E-state index contributed by atoms with van der Waals surface area (Å²) >= 11 is 0. The smallest absolute Gasteiger partial charge is 0.119 e. The number of nitrogens with one attached hydrogen (secondary N) is 1. The van der Waals surface area contributed by atoms with Gasteiger partial charge in [-0.15, -0.1) is 0 Å². The second kappa shape index (κ2) is 8.11. The molecule has 0 bridgehead atoms. The van der Waals surface area contributed by atoms with Crippen molar-refractivity contribution in [1.29, 1.82) is 0 Å². The van der Waals surface area contributed by atoms with Gasteiger partial charge in [-0.25, -0.2) is 0 Å². The Morgan fingerprint density at radius 3 is 2.32 bits per heavy atom. The predicted molar refractivity (Wildman–Crippen MR) is 91.8 cm³/mol. The molecule has 2 atom stereocenters. The summed E-state index contributed by atoms with van der Waals surface area (Å²) in [5.41, 5.74) is 2.41. The minimum Gasteiger partial charge on any atom is -0.492 e. The second-order valence-electron chi connectivity index (χ2n) is 5.50. The standard InChI is InChI=1S/C18H23NO2S/c1-14-4-8-17(9-5-14)21-13-15(2)19-12-16-6-10-18(11-7-16)22(3)20/h4-11,15,19H,12-13H2,1-3H3. The molecular weight excluding hydrogens is 294 g/mol. The van der Waals surface area contributed by atoms with Gasteiger partial charge in [-0.2, -0.15) is 0 Å². The highest BCUT2D eigenvalue weighted by Gasteiger charge is 2.04. The normalized spacial score (nSPS) is 13.6. The van der Waals surface area contributed by atoms with Gasteiger partial charge in [0.05, 0.1) is 0 Å². The first kappa shape index (κ1) is 16.7. The van der Waals surface area contributed by atoms with Crippen LogP contribution in [0.3, 0.4) is 0 Å². The van der Waals surface area contributed by atoms with Gasteiger partial charge in [-0.3, -0.25) is 4.21 Å². The van der Waals surface area contributed by atoms with Crippen molar-refractivity contribution in [3.8, 4) is 5.75 Å². The van der Waals surface area contributed by atoms with E-state index in [-0.39, 0.29) is 6.04 Å². The van der Waals surface area contributed by atoms with Crippen LogP contribution in [0.4, 0.5) is 0 Å². The van der Waals surface area contributed by atoms with Crippen molar-refractivity contribution in [3.05, 3.63) is 59.7 Å². The zero-order valence-corrected chi connectivity index (χ0v) is 14.2. The highest BCUT2D eigenvalue weighted by molar-refractivity contribution is 7.84. The molecule has 0 saturated carbocycles. The summed E-state index contributed by atoms with van der Waals surface area (Å²) in [4.78, 5) is 0.861. The number of rotatable bonds is 7. The van der Waals surface area contributed by atoms with E-state index >= 15 is 0 Å². The third-order valence-corrected chi connectivity index (χ3v) is 4.37. The van der Waals surface area contributed by atoms with E-state index in [1.165, 1.54) is 11.1 Å². The van der Waals surface area contributed by atoms with Crippen molar-refractivity contribution < 1.29 is 8.95 Å². The number of hydrogen-bond donors (Lipinski definition) is 1. The maximum Gasteiger partial charge on any atom is 0.119 e. The van der Waals surface area contributed by atoms with E-state index in [0.29, 0.717) is 6.61 Å². The summed E-state index contributed by atoms with van der Waals surface area (Å²) in [5.74, 6) is 0.897. The number of benzene rings is 2. The molecule has 0 aromatic heterocycles. The van der Waals surface area contributed by atoms with Crippen molar-refractivity contribution in [1.82, 2.24) is 5.32 Å². The lowest BCUT2D eigenvalue weighted by atomic mass is 10.2. The first-order valence-corrected chi connectivity index (χ1v) is 8.95. The van der Waals surface area contributed by atoms with Gasteiger partial charge >= 0.3 is 0 Å². The zero-order valence-electron chi connectivity index (χ0n) is 13.3. The highest BCUT2D eigenvalue weighted by atomic mass is 32.2. The van der Waals surface area contributed by atoms with E-state index < -0.39 is 10.8 Å². The van der Waals surface area contributed by atoms with Gasteiger partial charge in [0.1, 0.15) is 12.4 Å². The molecule has 118 valence electrons. The SMILES string of the molecule is Cc1ccc(OCC(C)NCc2ccc(S(C)=O)cc2)cc1. The average Bonchev–Trinajstić information content (AvgIpc) is 2.52. The third-order valence-electron chi connectivity index (χ3n) is 3.43. The molecule has 2 aromatic rings. The molecule has 0 aliphatic carbocycles. The van der Waals surface area contributed by atoms with E-state index in [1.54, 1.807) is 6.26 Å². The summed E-state index contributed by atoms with van der Waals surface area (Å²) in [7, 11) is -0.916. The van der Waals surface area contributed by atoms with Gasteiger partial charge in [0.15, 0.2) is 0 Å². The van der Waals surface area contributed by atoms with Crippen LogP contribution in [-0.2, 0) is 17.3 Å². The van der Waals surface area contributed by atoms with Gasteiger partial charge in [0.25, 0.3) is 0 Å². The highest BCUT2D eigenvalue weighted by Crippen LogP contribution is 2.12. The summed E-state index contributed by atoms with van der Waals surface area (Å²) in [6.07, 6.45) is 1.69. The minimum absolute atomic E-state index is 0.251. The van der Waals surface area contributed by atoms with Crippen LogP contribution in [0.15, 0.2) is 53.4 Å². The Bertz CT molecular complexity index is 608.